The zero-order chi connectivity index (χ0) is 14.2. The van der Waals surface area contributed by atoms with Gasteiger partial charge in [0.2, 0.25) is 5.91 Å². The van der Waals surface area contributed by atoms with E-state index in [9.17, 15) is 4.79 Å². The fourth-order valence-electron chi connectivity index (χ4n) is 1.74. The number of aromatic nitrogens is 2. The number of amides is 1. The Kier molecular flexibility index (Phi) is 5.68. The van der Waals surface area contributed by atoms with Gasteiger partial charge in [-0.2, -0.15) is 11.8 Å². The first-order valence-corrected chi connectivity index (χ1v) is 7.91. The van der Waals surface area contributed by atoms with Gasteiger partial charge in [-0.3, -0.25) is 4.79 Å². The van der Waals surface area contributed by atoms with E-state index in [1.807, 2.05) is 35.0 Å². The third kappa shape index (κ3) is 4.42. The summed E-state index contributed by atoms with van der Waals surface area (Å²) in [4.78, 5) is 15.8. The topological polar surface area (TPSA) is 46.9 Å². The van der Waals surface area contributed by atoms with Crippen molar-refractivity contribution in [2.45, 2.75) is 19.8 Å². The molecule has 0 radical (unpaired) electrons. The van der Waals surface area contributed by atoms with Gasteiger partial charge >= 0.3 is 0 Å². The lowest BCUT2D eigenvalue weighted by Gasteiger charge is -2.07. The molecular formula is C15H19N3OS. The molecule has 1 heterocycles. The normalized spacial score (nSPS) is 10.4. The maximum absolute atomic E-state index is 11.7. The van der Waals surface area contributed by atoms with Crippen molar-refractivity contribution in [1.82, 2.24) is 9.55 Å². The van der Waals surface area contributed by atoms with E-state index in [-0.39, 0.29) is 5.91 Å². The second-order valence-electron chi connectivity index (χ2n) is 4.47. The van der Waals surface area contributed by atoms with Crippen molar-refractivity contribution in [1.29, 1.82) is 0 Å². The maximum atomic E-state index is 11.7. The molecule has 1 amide bonds. The molecule has 0 spiro atoms. The summed E-state index contributed by atoms with van der Waals surface area (Å²) in [5, 5.41) is 2.91. The van der Waals surface area contributed by atoms with Gasteiger partial charge in [0.05, 0.1) is 12.1 Å². The van der Waals surface area contributed by atoms with Crippen LogP contribution in [-0.2, 0) is 4.79 Å². The summed E-state index contributed by atoms with van der Waals surface area (Å²) >= 11 is 1.68. The Balaban J connectivity index is 1.83. The molecule has 0 atom stereocenters. The fraction of sp³-hybridized carbons (Fsp3) is 0.333. The number of hydrogen-bond acceptors (Lipinski definition) is 3. The number of anilines is 1. The van der Waals surface area contributed by atoms with E-state index in [1.165, 1.54) is 6.42 Å². The van der Waals surface area contributed by atoms with Gasteiger partial charge in [-0.05, 0) is 36.4 Å². The van der Waals surface area contributed by atoms with E-state index in [0.29, 0.717) is 5.75 Å². The Morgan fingerprint density at radius 1 is 1.35 bits per heavy atom. The molecule has 2 aromatic rings. The number of rotatable bonds is 7. The highest BCUT2D eigenvalue weighted by atomic mass is 32.2. The summed E-state index contributed by atoms with van der Waals surface area (Å²) in [6.07, 6.45) is 7.71. The third-order valence-electron chi connectivity index (χ3n) is 2.83. The monoisotopic (exact) mass is 289 g/mol. The van der Waals surface area contributed by atoms with Gasteiger partial charge in [-0.15, -0.1) is 0 Å². The van der Waals surface area contributed by atoms with Crippen LogP contribution in [0, 0.1) is 0 Å². The predicted molar refractivity (Wildman–Crippen MR) is 84.4 cm³/mol. The minimum Gasteiger partial charge on any atom is -0.325 e. The molecule has 0 bridgehead atoms. The largest absolute Gasteiger partial charge is 0.325 e. The second-order valence-corrected chi connectivity index (χ2v) is 5.58. The van der Waals surface area contributed by atoms with Crippen LogP contribution in [0.15, 0.2) is 43.0 Å². The van der Waals surface area contributed by atoms with Crippen molar-refractivity contribution < 1.29 is 4.79 Å². The average Bonchev–Trinajstić information content (AvgIpc) is 2.99. The van der Waals surface area contributed by atoms with Gasteiger partial charge in [-0.1, -0.05) is 13.3 Å². The van der Waals surface area contributed by atoms with Crippen LogP contribution in [0.5, 0.6) is 0 Å². The lowest BCUT2D eigenvalue weighted by molar-refractivity contribution is -0.113. The van der Waals surface area contributed by atoms with Crippen LogP contribution in [-0.4, -0.2) is 27.0 Å². The van der Waals surface area contributed by atoms with Crippen molar-refractivity contribution >= 4 is 23.4 Å². The Bertz CT molecular complexity index is 523. The molecule has 1 N–H and O–H groups in total. The first kappa shape index (κ1) is 14.7. The lowest BCUT2D eigenvalue weighted by atomic mass is 10.3. The molecule has 1 aromatic heterocycles. The Labute approximate surface area is 123 Å². The van der Waals surface area contributed by atoms with Crippen LogP contribution in [0.25, 0.3) is 5.69 Å². The van der Waals surface area contributed by atoms with E-state index in [2.05, 4.69) is 17.2 Å². The minimum absolute atomic E-state index is 0.0569. The van der Waals surface area contributed by atoms with Crippen molar-refractivity contribution in [2.24, 2.45) is 0 Å². The number of carbonyl (C=O) groups excluding carboxylic acids is 1. The summed E-state index contributed by atoms with van der Waals surface area (Å²) in [6.45, 7) is 2.16. The molecule has 106 valence electrons. The zero-order valence-electron chi connectivity index (χ0n) is 11.6. The van der Waals surface area contributed by atoms with Crippen LogP contribution in [0.4, 0.5) is 5.69 Å². The molecule has 0 fully saturated rings. The van der Waals surface area contributed by atoms with Crippen LogP contribution in [0.1, 0.15) is 19.8 Å². The number of carbonyl (C=O) groups is 1. The van der Waals surface area contributed by atoms with Gasteiger partial charge in [0.1, 0.15) is 0 Å². The van der Waals surface area contributed by atoms with E-state index < -0.39 is 0 Å². The van der Waals surface area contributed by atoms with Gasteiger partial charge in [-0.25, -0.2) is 4.98 Å². The van der Waals surface area contributed by atoms with E-state index in [0.717, 1.165) is 23.5 Å². The van der Waals surface area contributed by atoms with E-state index >= 15 is 0 Å². The number of nitrogens with zero attached hydrogens (tertiary/aromatic N) is 2. The summed E-state index contributed by atoms with van der Waals surface area (Å²) in [6, 6.07) is 7.73. The number of imidazole rings is 1. The van der Waals surface area contributed by atoms with Crippen LogP contribution < -0.4 is 5.32 Å². The van der Waals surface area contributed by atoms with Crippen molar-refractivity contribution in [3.05, 3.63) is 43.0 Å². The molecular weight excluding hydrogens is 270 g/mol. The summed E-state index contributed by atoms with van der Waals surface area (Å²) in [5.41, 5.74) is 1.85. The predicted octanol–water partition coefficient (Wildman–Crippen LogP) is 3.34. The average molecular weight is 289 g/mol. The molecule has 5 heteroatoms. The molecule has 20 heavy (non-hydrogen) atoms. The van der Waals surface area contributed by atoms with Crippen molar-refractivity contribution in [2.75, 3.05) is 16.8 Å². The van der Waals surface area contributed by atoms with Crippen LogP contribution in [0.2, 0.25) is 0 Å². The van der Waals surface area contributed by atoms with Gasteiger partial charge < -0.3 is 9.88 Å². The number of thioether (sulfide) groups is 1. The third-order valence-corrected chi connectivity index (χ3v) is 3.87. The number of hydrogen-bond donors (Lipinski definition) is 1. The summed E-state index contributed by atoms with van der Waals surface area (Å²) in [5.74, 6) is 1.62. The summed E-state index contributed by atoms with van der Waals surface area (Å²) in [7, 11) is 0. The highest BCUT2D eigenvalue weighted by Crippen LogP contribution is 2.13. The molecule has 0 aliphatic heterocycles. The Hall–Kier alpha value is -1.75. The zero-order valence-corrected chi connectivity index (χ0v) is 12.4. The quantitative estimate of drug-likeness (QED) is 0.795. The number of benzene rings is 1. The highest BCUT2D eigenvalue weighted by Gasteiger charge is 2.03. The van der Waals surface area contributed by atoms with Gasteiger partial charge in [0.25, 0.3) is 0 Å². The molecule has 2 rings (SSSR count). The van der Waals surface area contributed by atoms with E-state index in [1.54, 1.807) is 24.3 Å². The highest BCUT2D eigenvalue weighted by molar-refractivity contribution is 7.99. The first-order valence-electron chi connectivity index (χ1n) is 6.75. The second kappa shape index (κ2) is 7.75. The molecule has 4 nitrogen and oxygen atoms in total. The Morgan fingerprint density at radius 2 is 2.15 bits per heavy atom. The molecule has 0 unspecified atom stereocenters. The van der Waals surface area contributed by atoms with E-state index in [4.69, 9.17) is 0 Å². The smallest absolute Gasteiger partial charge is 0.234 e. The SMILES string of the molecule is CCCCSCC(=O)Nc1ccc(-n2ccnc2)cc1. The molecule has 1 aromatic carbocycles. The molecule has 0 aliphatic carbocycles. The lowest BCUT2D eigenvalue weighted by Crippen LogP contribution is -2.14. The van der Waals surface area contributed by atoms with Gasteiger partial charge in [0.15, 0.2) is 0 Å². The molecule has 0 saturated heterocycles. The van der Waals surface area contributed by atoms with Crippen LogP contribution in [0.3, 0.4) is 0 Å². The minimum atomic E-state index is 0.0569. The van der Waals surface area contributed by atoms with Crippen molar-refractivity contribution in [3.8, 4) is 5.69 Å². The summed E-state index contributed by atoms with van der Waals surface area (Å²) < 4.78 is 1.92. The fourth-order valence-corrected chi connectivity index (χ4v) is 2.63. The first-order chi connectivity index (χ1) is 9.79. The number of unbranched alkanes of at least 4 members (excludes halogenated alkanes) is 1. The molecule has 0 aliphatic rings. The van der Waals surface area contributed by atoms with Crippen LogP contribution >= 0.6 is 11.8 Å². The van der Waals surface area contributed by atoms with Crippen molar-refractivity contribution in [3.63, 3.8) is 0 Å². The van der Waals surface area contributed by atoms with Gasteiger partial charge in [0, 0.05) is 23.8 Å². The molecule has 0 saturated carbocycles. The number of nitrogens with one attached hydrogen (secondary N) is 1. The standard InChI is InChI=1S/C15H19N3OS/c1-2-3-10-20-11-15(19)17-13-4-6-14(7-5-13)18-9-8-16-12-18/h4-9,12H,2-3,10-11H2,1H3,(H,17,19). The Morgan fingerprint density at radius 3 is 2.80 bits per heavy atom. The maximum Gasteiger partial charge on any atom is 0.234 e.